The summed E-state index contributed by atoms with van der Waals surface area (Å²) in [5, 5.41) is 13.0. The highest BCUT2D eigenvalue weighted by Gasteiger charge is 2.14. The van der Waals surface area contributed by atoms with Crippen LogP contribution < -0.4 is 0 Å². The predicted molar refractivity (Wildman–Crippen MR) is 72.7 cm³/mol. The summed E-state index contributed by atoms with van der Waals surface area (Å²) in [5.74, 6) is -0.887. The van der Waals surface area contributed by atoms with Gasteiger partial charge in [-0.3, -0.25) is 4.68 Å². The van der Waals surface area contributed by atoms with E-state index in [9.17, 15) is 4.79 Å². The lowest BCUT2D eigenvalue weighted by Gasteiger charge is -2.05. The minimum Gasteiger partial charge on any atom is -0.480 e. The Morgan fingerprint density at radius 2 is 2.00 bits per heavy atom. The molecule has 0 saturated heterocycles. The first kappa shape index (κ1) is 12.1. The van der Waals surface area contributed by atoms with Gasteiger partial charge >= 0.3 is 5.97 Å². The molecule has 0 aliphatic heterocycles. The third-order valence-electron chi connectivity index (χ3n) is 2.53. The van der Waals surface area contributed by atoms with Crippen molar-refractivity contribution in [3.05, 3.63) is 40.2 Å². The zero-order chi connectivity index (χ0) is 12.4. The molecule has 5 heteroatoms. The molecule has 2 rings (SSSR count). The maximum absolute atomic E-state index is 10.8. The Morgan fingerprint density at radius 1 is 1.35 bits per heavy atom. The van der Waals surface area contributed by atoms with Crippen molar-refractivity contribution in [3.63, 3.8) is 0 Å². The van der Waals surface area contributed by atoms with E-state index in [1.54, 1.807) is 19.3 Å². The lowest BCUT2D eigenvalue weighted by molar-refractivity contribution is -0.140. The van der Waals surface area contributed by atoms with Crippen molar-refractivity contribution in [1.29, 1.82) is 0 Å². The summed E-state index contributed by atoms with van der Waals surface area (Å²) in [7, 11) is 0. The smallest absolute Gasteiger partial charge is 0.328 e. The van der Waals surface area contributed by atoms with Gasteiger partial charge in [0.05, 0.1) is 6.20 Å². The second kappa shape index (κ2) is 4.87. The Morgan fingerprint density at radius 3 is 2.59 bits per heavy atom. The molecule has 17 heavy (non-hydrogen) atoms. The van der Waals surface area contributed by atoms with Gasteiger partial charge in [-0.2, -0.15) is 5.10 Å². The number of hydrogen-bond donors (Lipinski definition) is 1. The topological polar surface area (TPSA) is 55.1 Å². The summed E-state index contributed by atoms with van der Waals surface area (Å²) in [5.41, 5.74) is 1.96. The maximum atomic E-state index is 10.8. The zero-order valence-corrected chi connectivity index (χ0v) is 11.3. The highest BCUT2D eigenvalue weighted by molar-refractivity contribution is 14.1. The standard InChI is InChI=1S/C12H11IN2O2/c1-8(12(16)17)15-7-10(6-14-15)9-2-4-11(13)5-3-9/h2-8H,1H3,(H,16,17). The summed E-state index contributed by atoms with van der Waals surface area (Å²) in [6.07, 6.45) is 3.43. The van der Waals surface area contributed by atoms with Crippen molar-refractivity contribution < 1.29 is 9.90 Å². The van der Waals surface area contributed by atoms with Crippen molar-refractivity contribution >= 4 is 28.6 Å². The zero-order valence-electron chi connectivity index (χ0n) is 9.17. The fourth-order valence-electron chi connectivity index (χ4n) is 1.45. The van der Waals surface area contributed by atoms with Crippen LogP contribution in [0.5, 0.6) is 0 Å². The summed E-state index contributed by atoms with van der Waals surface area (Å²) in [6.45, 7) is 1.60. The fourth-order valence-corrected chi connectivity index (χ4v) is 1.81. The van der Waals surface area contributed by atoms with Crippen LogP contribution in [0.4, 0.5) is 0 Å². The molecule has 1 aromatic carbocycles. The van der Waals surface area contributed by atoms with Crippen LogP contribution in [0, 0.1) is 3.57 Å². The quantitative estimate of drug-likeness (QED) is 0.873. The summed E-state index contributed by atoms with van der Waals surface area (Å²) in [4.78, 5) is 10.8. The summed E-state index contributed by atoms with van der Waals surface area (Å²) in [6, 6.07) is 7.36. The van der Waals surface area contributed by atoms with Gasteiger partial charge < -0.3 is 5.11 Å². The molecule has 4 nitrogen and oxygen atoms in total. The van der Waals surface area contributed by atoms with Crippen LogP contribution in [-0.4, -0.2) is 20.9 Å². The Bertz CT molecular complexity index is 534. The first-order valence-corrected chi connectivity index (χ1v) is 6.18. The largest absolute Gasteiger partial charge is 0.480 e. The monoisotopic (exact) mass is 342 g/mol. The third kappa shape index (κ3) is 2.66. The Balaban J connectivity index is 2.29. The van der Waals surface area contributed by atoms with Crippen LogP contribution in [0.15, 0.2) is 36.7 Å². The van der Waals surface area contributed by atoms with Gasteiger partial charge in [0.2, 0.25) is 0 Å². The van der Waals surface area contributed by atoms with Crippen molar-refractivity contribution in [2.45, 2.75) is 13.0 Å². The third-order valence-corrected chi connectivity index (χ3v) is 3.25. The molecule has 0 aliphatic carbocycles. The number of rotatable bonds is 3. The van der Waals surface area contributed by atoms with Gasteiger partial charge in [-0.25, -0.2) is 4.79 Å². The maximum Gasteiger partial charge on any atom is 0.328 e. The number of nitrogens with zero attached hydrogens (tertiary/aromatic N) is 2. The number of halogens is 1. The van der Waals surface area contributed by atoms with Gasteiger partial charge in [0.25, 0.3) is 0 Å². The molecule has 88 valence electrons. The number of hydrogen-bond acceptors (Lipinski definition) is 2. The molecule has 1 atom stereocenters. The van der Waals surface area contributed by atoms with Crippen LogP contribution in [0.3, 0.4) is 0 Å². The van der Waals surface area contributed by atoms with E-state index in [1.165, 1.54) is 4.68 Å². The summed E-state index contributed by atoms with van der Waals surface area (Å²) < 4.78 is 2.62. The van der Waals surface area contributed by atoms with E-state index >= 15 is 0 Å². The molecule has 0 amide bonds. The molecular formula is C12H11IN2O2. The van der Waals surface area contributed by atoms with E-state index in [0.717, 1.165) is 14.7 Å². The first-order valence-electron chi connectivity index (χ1n) is 5.11. The number of carboxylic acid groups (broad SMARTS) is 1. The predicted octanol–water partition coefficient (Wildman–Crippen LogP) is 2.80. The van der Waals surface area contributed by atoms with Crippen molar-refractivity contribution in [1.82, 2.24) is 9.78 Å². The van der Waals surface area contributed by atoms with E-state index in [0.29, 0.717) is 0 Å². The van der Waals surface area contributed by atoms with E-state index in [2.05, 4.69) is 27.7 Å². The lowest BCUT2D eigenvalue weighted by atomic mass is 10.1. The molecule has 0 spiro atoms. The highest BCUT2D eigenvalue weighted by atomic mass is 127. The molecule has 0 aliphatic rings. The molecule has 1 aromatic heterocycles. The van der Waals surface area contributed by atoms with Crippen LogP contribution in [0.2, 0.25) is 0 Å². The fraction of sp³-hybridized carbons (Fsp3) is 0.167. The second-order valence-corrected chi connectivity index (χ2v) is 4.98. The lowest BCUT2D eigenvalue weighted by Crippen LogP contribution is -2.15. The number of carboxylic acids is 1. The average Bonchev–Trinajstić information content (AvgIpc) is 2.78. The van der Waals surface area contributed by atoms with Gasteiger partial charge in [-0.15, -0.1) is 0 Å². The second-order valence-electron chi connectivity index (χ2n) is 3.73. The van der Waals surface area contributed by atoms with Gasteiger partial charge in [0.1, 0.15) is 6.04 Å². The van der Waals surface area contributed by atoms with Crippen LogP contribution in [0.25, 0.3) is 11.1 Å². The Hall–Kier alpha value is -1.37. The molecule has 0 saturated carbocycles. The number of aromatic nitrogens is 2. The van der Waals surface area contributed by atoms with Crippen LogP contribution >= 0.6 is 22.6 Å². The van der Waals surface area contributed by atoms with E-state index < -0.39 is 12.0 Å². The molecule has 2 aromatic rings. The van der Waals surface area contributed by atoms with Crippen LogP contribution in [-0.2, 0) is 4.79 Å². The SMILES string of the molecule is CC(C(=O)O)n1cc(-c2ccc(I)cc2)cn1. The van der Waals surface area contributed by atoms with E-state index in [-0.39, 0.29) is 0 Å². The van der Waals surface area contributed by atoms with E-state index in [1.807, 2.05) is 24.3 Å². The van der Waals surface area contributed by atoms with Gasteiger partial charge in [-0.05, 0) is 47.2 Å². The molecule has 0 bridgehead atoms. The number of benzene rings is 1. The van der Waals surface area contributed by atoms with Gasteiger partial charge in [0.15, 0.2) is 0 Å². The molecule has 1 N–H and O–H groups in total. The Labute approximate surface area is 112 Å². The molecular weight excluding hydrogens is 331 g/mol. The van der Waals surface area contributed by atoms with Crippen LogP contribution in [0.1, 0.15) is 13.0 Å². The van der Waals surface area contributed by atoms with Crippen molar-refractivity contribution in [2.24, 2.45) is 0 Å². The van der Waals surface area contributed by atoms with Crippen molar-refractivity contribution in [3.8, 4) is 11.1 Å². The molecule has 0 fully saturated rings. The summed E-state index contributed by atoms with van der Waals surface area (Å²) >= 11 is 2.24. The van der Waals surface area contributed by atoms with Crippen molar-refractivity contribution in [2.75, 3.05) is 0 Å². The molecule has 0 radical (unpaired) electrons. The van der Waals surface area contributed by atoms with Gasteiger partial charge in [-0.1, -0.05) is 12.1 Å². The average molecular weight is 342 g/mol. The van der Waals surface area contributed by atoms with E-state index in [4.69, 9.17) is 5.11 Å². The van der Waals surface area contributed by atoms with Gasteiger partial charge in [0, 0.05) is 15.3 Å². The first-order chi connectivity index (χ1) is 8.08. The minimum absolute atomic E-state index is 0.646. The molecule has 1 unspecified atom stereocenters. The highest BCUT2D eigenvalue weighted by Crippen LogP contribution is 2.21. The normalized spacial score (nSPS) is 12.4. The molecule has 1 heterocycles. The number of carbonyl (C=O) groups is 1. The number of aliphatic carboxylic acids is 1. The Kier molecular flexibility index (Phi) is 3.46. The minimum atomic E-state index is -0.887.